The number of amides is 3. The average molecular weight is 871 g/mol. The summed E-state index contributed by atoms with van der Waals surface area (Å²) in [7, 11) is 0. The van der Waals surface area contributed by atoms with Crippen LogP contribution in [0.2, 0.25) is 0 Å². The summed E-state index contributed by atoms with van der Waals surface area (Å²) in [5.74, 6) is -0.508. The van der Waals surface area contributed by atoms with Gasteiger partial charge in [0.05, 0.1) is 40.9 Å². The molecule has 7 heterocycles. The van der Waals surface area contributed by atoms with Crippen molar-refractivity contribution in [3.63, 3.8) is 0 Å². The van der Waals surface area contributed by atoms with Crippen LogP contribution in [0, 0.1) is 13.8 Å². The van der Waals surface area contributed by atoms with Crippen molar-refractivity contribution in [2.24, 2.45) is 0 Å². The van der Waals surface area contributed by atoms with E-state index in [0.717, 1.165) is 44.0 Å². The Bertz CT molecular complexity index is 2940. The van der Waals surface area contributed by atoms with E-state index in [1.807, 2.05) is 55.1 Å². The Kier molecular flexibility index (Phi) is 10.2. The molecule has 61 heavy (non-hydrogen) atoms. The molecule has 3 amide bonds. The van der Waals surface area contributed by atoms with E-state index in [0.29, 0.717) is 55.6 Å². The van der Waals surface area contributed by atoms with Gasteiger partial charge in [0.1, 0.15) is 27.9 Å². The molecule has 1 fully saturated rings. The monoisotopic (exact) mass is 870 g/mol. The van der Waals surface area contributed by atoms with Crippen LogP contribution >= 0.6 is 22.7 Å². The van der Waals surface area contributed by atoms with Crippen molar-refractivity contribution in [2.75, 3.05) is 27.8 Å². The van der Waals surface area contributed by atoms with Crippen molar-refractivity contribution < 1.29 is 32.2 Å². The Morgan fingerprint density at radius 1 is 0.885 bits per heavy atom. The van der Waals surface area contributed by atoms with Crippen LogP contribution in [0.3, 0.4) is 0 Å². The average Bonchev–Trinajstić information content (AvgIpc) is 4.07. The predicted octanol–water partition coefficient (Wildman–Crippen LogP) is 6.37. The smallest absolute Gasteiger partial charge is 0.329 e. The highest BCUT2D eigenvalue weighted by molar-refractivity contribution is 7.18. The molecular weight excluding hydrogens is 836 g/mol. The van der Waals surface area contributed by atoms with Crippen molar-refractivity contribution in [3.05, 3.63) is 94.0 Å². The Morgan fingerprint density at radius 2 is 1.61 bits per heavy atom. The summed E-state index contributed by atoms with van der Waals surface area (Å²) < 4.78 is 43.3. The van der Waals surface area contributed by atoms with E-state index in [1.165, 1.54) is 34.6 Å². The number of fused-ring (bicyclic) bond motifs is 2. The molecule has 312 valence electrons. The Labute approximate surface area is 350 Å². The first-order valence-corrected chi connectivity index (χ1v) is 20.4. The van der Waals surface area contributed by atoms with Gasteiger partial charge in [-0.05, 0) is 50.5 Å². The lowest BCUT2D eigenvalue weighted by molar-refractivity contribution is -0.740. The second-order valence-corrected chi connectivity index (χ2v) is 16.4. The highest BCUT2D eigenvalue weighted by Crippen LogP contribution is 2.34. The molecule has 1 aliphatic rings. The van der Waals surface area contributed by atoms with Crippen LogP contribution in [-0.4, -0.2) is 86.6 Å². The number of alkyl halides is 3. The van der Waals surface area contributed by atoms with Gasteiger partial charge in [-0.15, -0.1) is 4.68 Å². The number of H-pyrrole nitrogens is 3. The van der Waals surface area contributed by atoms with Crippen molar-refractivity contribution in [1.82, 2.24) is 50.1 Å². The Hall–Kier alpha value is -7.14. The lowest BCUT2D eigenvalue weighted by Crippen LogP contribution is -2.45. The van der Waals surface area contributed by atoms with Crippen LogP contribution in [0.15, 0.2) is 67.4 Å². The zero-order chi connectivity index (χ0) is 42.4. The van der Waals surface area contributed by atoms with Gasteiger partial charge < -0.3 is 26.2 Å². The first-order chi connectivity index (χ1) is 29.3. The van der Waals surface area contributed by atoms with Gasteiger partial charge in [0.2, 0.25) is 12.1 Å². The number of carbonyl (C=O) groups excluding carboxylic acids is 3. The molecule has 1 saturated heterocycles. The molecule has 0 saturated carbocycles. The van der Waals surface area contributed by atoms with Crippen LogP contribution in [0.4, 0.5) is 46.4 Å². The van der Waals surface area contributed by atoms with Crippen molar-refractivity contribution in [2.45, 2.75) is 52.0 Å². The lowest BCUT2D eigenvalue weighted by atomic mass is 10.1. The van der Waals surface area contributed by atoms with Crippen molar-refractivity contribution >= 4 is 95.5 Å². The molecule has 23 heteroatoms. The molecule has 1 aliphatic heterocycles. The Balaban J connectivity index is 0.883. The number of likely N-dealkylation sites (tertiary alicyclic amines) is 1. The number of rotatable bonds is 12. The predicted molar refractivity (Wildman–Crippen MR) is 221 cm³/mol. The maximum Gasteiger partial charge on any atom is 0.408 e. The molecular formula is C38H35F3N15O3S2+. The number of benzene rings is 2. The van der Waals surface area contributed by atoms with Gasteiger partial charge in [-0.1, -0.05) is 28.7 Å². The minimum absolute atomic E-state index is 0.0442. The number of thiazole rings is 2. The van der Waals surface area contributed by atoms with Gasteiger partial charge in [0, 0.05) is 41.5 Å². The van der Waals surface area contributed by atoms with E-state index in [2.05, 4.69) is 61.8 Å². The van der Waals surface area contributed by atoms with E-state index in [9.17, 15) is 27.6 Å². The number of halogens is 3. The number of carbonyl (C=O) groups is 3. The first kappa shape index (κ1) is 39.3. The summed E-state index contributed by atoms with van der Waals surface area (Å²) in [6.45, 7) is 3.80. The summed E-state index contributed by atoms with van der Waals surface area (Å²) in [6.07, 6.45) is 3.62. The van der Waals surface area contributed by atoms with E-state index in [1.54, 1.807) is 12.3 Å². The van der Waals surface area contributed by atoms with E-state index >= 15 is 0 Å². The number of aromatic nitrogens is 10. The van der Waals surface area contributed by atoms with Crippen LogP contribution in [0.1, 0.15) is 49.0 Å². The van der Waals surface area contributed by atoms with Gasteiger partial charge in [-0.2, -0.15) is 33.6 Å². The molecule has 0 spiro atoms. The lowest BCUT2D eigenvalue weighted by Gasteiger charge is -2.26. The molecule has 8 aromatic rings. The zero-order valence-corrected chi connectivity index (χ0v) is 33.8. The van der Waals surface area contributed by atoms with E-state index in [4.69, 9.17) is 0 Å². The van der Waals surface area contributed by atoms with Crippen molar-refractivity contribution in [1.29, 1.82) is 0 Å². The van der Waals surface area contributed by atoms with Crippen LogP contribution < -0.4 is 25.9 Å². The second-order valence-electron chi connectivity index (χ2n) is 14.4. The molecule has 0 aliphatic carbocycles. The van der Waals surface area contributed by atoms with Crippen LogP contribution in [0.25, 0.3) is 21.8 Å². The molecule has 1 atom stereocenters. The fourth-order valence-electron chi connectivity index (χ4n) is 7.16. The normalized spacial score (nSPS) is 14.2. The third-order valence-electron chi connectivity index (χ3n) is 10.1. The number of nitrogens with zero attached hydrogens (tertiary/aromatic N) is 8. The number of hydrogen-bond donors (Lipinski definition) is 7. The van der Waals surface area contributed by atoms with Gasteiger partial charge in [0.15, 0.2) is 28.4 Å². The number of aryl methyl sites for hydroxylation is 2. The third kappa shape index (κ3) is 8.23. The SMILES string of the molecule is Cc1cc(Nc2ncc(C(=O)Nc3c(C)ccc4[nH][n+](Cc5ccc6[nH]ncc6c5NC(=O)c5cnc(Nc6ccn(CC(=O)N7CCCC7C(F)(F)F)n6)s5)cc34)s2)n[nH]1. The fraction of sp³-hybridized carbons (Fsp3) is 0.237. The van der Waals surface area contributed by atoms with Crippen LogP contribution in [0.5, 0.6) is 0 Å². The number of nitrogens with one attached hydrogen (secondary N) is 7. The fourth-order valence-corrected chi connectivity index (χ4v) is 8.59. The second kappa shape index (κ2) is 15.8. The largest absolute Gasteiger partial charge is 0.408 e. The molecule has 0 radical (unpaired) electrons. The van der Waals surface area contributed by atoms with Gasteiger partial charge in [-0.3, -0.25) is 29.3 Å². The summed E-state index contributed by atoms with van der Waals surface area (Å²) in [5.41, 5.74) is 5.16. The molecule has 1 unspecified atom stereocenters. The molecule has 0 bridgehead atoms. The first-order valence-electron chi connectivity index (χ1n) is 18.8. The van der Waals surface area contributed by atoms with Gasteiger partial charge >= 0.3 is 6.18 Å². The van der Waals surface area contributed by atoms with Crippen molar-refractivity contribution in [3.8, 4) is 0 Å². The maximum atomic E-state index is 13.7. The maximum absolute atomic E-state index is 13.7. The number of aromatic amines is 3. The van der Waals surface area contributed by atoms with E-state index < -0.39 is 24.0 Å². The molecule has 6 aromatic heterocycles. The molecule has 18 nitrogen and oxygen atoms in total. The summed E-state index contributed by atoms with van der Waals surface area (Å²) >= 11 is 2.27. The van der Waals surface area contributed by atoms with E-state index in [-0.39, 0.29) is 36.7 Å². The third-order valence-corrected chi connectivity index (χ3v) is 11.9. The molecule has 7 N–H and O–H groups in total. The summed E-state index contributed by atoms with van der Waals surface area (Å²) in [6, 6.07) is 9.21. The summed E-state index contributed by atoms with van der Waals surface area (Å²) in [4.78, 5) is 50.1. The quantitative estimate of drug-likeness (QED) is 0.0672. The number of hydrogen-bond acceptors (Lipinski definition) is 12. The zero-order valence-electron chi connectivity index (χ0n) is 32.2. The van der Waals surface area contributed by atoms with Crippen LogP contribution in [-0.2, 0) is 17.9 Å². The highest BCUT2D eigenvalue weighted by atomic mass is 32.1. The van der Waals surface area contributed by atoms with Gasteiger partial charge in [0.25, 0.3) is 11.8 Å². The molecule has 9 rings (SSSR count). The summed E-state index contributed by atoms with van der Waals surface area (Å²) in [5, 5.41) is 36.3. The highest BCUT2D eigenvalue weighted by Gasteiger charge is 2.47. The topological polar surface area (TPSA) is 223 Å². The minimum atomic E-state index is -4.48. The Morgan fingerprint density at radius 3 is 2.33 bits per heavy atom. The number of anilines is 6. The molecule has 2 aromatic carbocycles. The minimum Gasteiger partial charge on any atom is -0.329 e. The van der Waals surface area contributed by atoms with Gasteiger partial charge in [-0.25, -0.2) is 9.97 Å². The standard InChI is InChI=1S/C38H34F3N15O3S2/c1-19-5-7-25-23(32(19)47-34(58)26-14-43-37(61-26)46-30-12-20(2)49-51-30)17-55(52-25)16-21-6-8-24-22(13-44-50-24)33(21)48-35(59)27-15-42-36(60-27)45-29-9-11-54(53-29)18-31(57)56-10-3-4-28(56)38(39,40)41/h5-9,11-15,17,28H,3-4,10,16,18H2,1-2H3,(H6,42,43,44,45,46,47,48,49,50,51,52,53,58,59)/p+1.